The smallest absolute Gasteiger partial charge is 0.283 e. The second-order valence-corrected chi connectivity index (χ2v) is 5.14. The zero-order valence-electron chi connectivity index (χ0n) is 11.7. The molecule has 1 N–H and O–H groups in total. The summed E-state index contributed by atoms with van der Waals surface area (Å²) in [6.45, 7) is 4.58. The first-order valence-electron chi connectivity index (χ1n) is 6.39. The van der Waals surface area contributed by atoms with Crippen LogP contribution in [0.3, 0.4) is 0 Å². The van der Waals surface area contributed by atoms with Gasteiger partial charge in [0.2, 0.25) is 0 Å². The summed E-state index contributed by atoms with van der Waals surface area (Å²) in [7, 11) is 1.63. The Balaban J connectivity index is 2.10. The molecule has 21 heavy (non-hydrogen) atoms. The summed E-state index contributed by atoms with van der Waals surface area (Å²) in [4.78, 5) is 12.0. The Kier molecular flexibility index (Phi) is 5.16. The summed E-state index contributed by atoms with van der Waals surface area (Å²) >= 11 is 3.31. The molecular formula is C15H16BrN3O2. The van der Waals surface area contributed by atoms with E-state index in [4.69, 9.17) is 4.74 Å². The molecule has 5 nitrogen and oxygen atoms in total. The third-order valence-electron chi connectivity index (χ3n) is 2.93. The van der Waals surface area contributed by atoms with E-state index < -0.39 is 0 Å². The predicted octanol–water partition coefficient (Wildman–Crippen LogP) is 2.81. The van der Waals surface area contributed by atoms with Gasteiger partial charge in [0.1, 0.15) is 10.2 Å². The third-order valence-corrected chi connectivity index (χ3v) is 3.70. The first-order chi connectivity index (χ1) is 10.2. The maximum absolute atomic E-state index is 12.0. The van der Waals surface area contributed by atoms with Gasteiger partial charge in [-0.2, -0.15) is 5.10 Å². The number of anilines is 1. The number of nitrogens with zero attached hydrogens (tertiary/aromatic N) is 2. The molecule has 0 atom stereocenters. The number of nitrogens with one attached hydrogen (secondary N) is 1. The van der Waals surface area contributed by atoms with Crippen LogP contribution in [0.2, 0.25) is 0 Å². The van der Waals surface area contributed by atoms with E-state index in [0.29, 0.717) is 23.2 Å². The van der Waals surface area contributed by atoms with E-state index in [1.54, 1.807) is 19.4 Å². The molecule has 0 unspecified atom stereocenters. The van der Waals surface area contributed by atoms with Crippen molar-refractivity contribution < 1.29 is 4.74 Å². The average molecular weight is 350 g/mol. The molecule has 2 aromatic rings. The van der Waals surface area contributed by atoms with Crippen molar-refractivity contribution >= 4 is 21.6 Å². The van der Waals surface area contributed by atoms with Gasteiger partial charge in [0, 0.05) is 6.54 Å². The van der Waals surface area contributed by atoms with Crippen LogP contribution < -0.4 is 15.6 Å². The minimum atomic E-state index is -0.186. The summed E-state index contributed by atoms with van der Waals surface area (Å²) in [5.74, 6) is 0.814. The van der Waals surface area contributed by atoms with Crippen molar-refractivity contribution in [2.45, 2.75) is 13.1 Å². The molecule has 0 fully saturated rings. The van der Waals surface area contributed by atoms with Gasteiger partial charge in [0.05, 0.1) is 25.5 Å². The Morgan fingerprint density at radius 1 is 1.43 bits per heavy atom. The molecule has 6 heteroatoms. The summed E-state index contributed by atoms with van der Waals surface area (Å²) in [5.41, 5.74) is 1.56. The summed E-state index contributed by atoms with van der Waals surface area (Å²) in [6, 6.07) is 7.72. The second-order valence-electron chi connectivity index (χ2n) is 4.35. The van der Waals surface area contributed by atoms with Gasteiger partial charge in [0.15, 0.2) is 0 Å². The highest BCUT2D eigenvalue weighted by Gasteiger charge is 2.07. The van der Waals surface area contributed by atoms with Crippen LogP contribution in [0.5, 0.6) is 5.75 Å². The molecule has 2 rings (SSSR count). The topological polar surface area (TPSA) is 56.1 Å². The normalized spacial score (nSPS) is 10.2. The van der Waals surface area contributed by atoms with Crippen molar-refractivity contribution in [2.75, 3.05) is 12.4 Å². The van der Waals surface area contributed by atoms with Gasteiger partial charge in [-0.25, -0.2) is 4.68 Å². The number of rotatable bonds is 6. The number of ether oxygens (including phenoxy) is 1. The van der Waals surface area contributed by atoms with Gasteiger partial charge < -0.3 is 10.1 Å². The highest BCUT2D eigenvalue weighted by atomic mass is 79.9. The minimum Gasteiger partial charge on any atom is -0.497 e. The SMILES string of the molecule is C=CCn1ncc(NCc2ccc(OC)cc2)c(Br)c1=O. The van der Waals surface area contributed by atoms with E-state index in [1.807, 2.05) is 24.3 Å². The molecule has 0 radical (unpaired) electrons. The molecule has 0 aliphatic carbocycles. The van der Waals surface area contributed by atoms with Gasteiger partial charge in [-0.05, 0) is 33.6 Å². The standard InChI is InChI=1S/C15H16BrN3O2/c1-3-8-19-15(20)14(16)13(10-18-19)17-9-11-4-6-12(21-2)7-5-11/h3-7,10,17H,1,8-9H2,2H3. The van der Waals surface area contributed by atoms with Gasteiger partial charge in [-0.1, -0.05) is 18.2 Å². The van der Waals surface area contributed by atoms with E-state index in [2.05, 4.69) is 32.9 Å². The van der Waals surface area contributed by atoms with E-state index in [1.165, 1.54) is 4.68 Å². The van der Waals surface area contributed by atoms with E-state index in [-0.39, 0.29) is 5.56 Å². The third kappa shape index (κ3) is 3.72. The van der Waals surface area contributed by atoms with Crippen LogP contribution in [0.4, 0.5) is 5.69 Å². The van der Waals surface area contributed by atoms with Crippen molar-refractivity contribution in [1.82, 2.24) is 9.78 Å². The van der Waals surface area contributed by atoms with Crippen LogP contribution in [0.15, 0.2) is 52.4 Å². The molecule has 0 saturated carbocycles. The van der Waals surface area contributed by atoms with Crippen LogP contribution >= 0.6 is 15.9 Å². The Bertz CT molecular complexity index is 680. The van der Waals surface area contributed by atoms with Crippen molar-refractivity contribution in [3.63, 3.8) is 0 Å². The molecule has 0 spiro atoms. The lowest BCUT2D eigenvalue weighted by atomic mass is 10.2. The lowest BCUT2D eigenvalue weighted by Crippen LogP contribution is -2.23. The van der Waals surface area contributed by atoms with Crippen LogP contribution in [-0.2, 0) is 13.1 Å². The maximum Gasteiger partial charge on any atom is 0.283 e. The van der Waals surface area contributed by atoms with Gasteiger partial charge in [0.25, 0.3) is 5.56 Å². The molecule has 0 aliphatic rings. The van der Waals surface area contributed by atoms with Crippen LogP contribution in [0.1, 0.15) is 5.56 Å². The Morgan fingerprint density at radius 3 is 2.76 bits per heavy atom. The monoisotopic (exact) mass is 349 g/mol. The van der Waals surface area contributed by atoms with E-state index >= 15 is 0 Å². The number of hydrogen-bond acceptors (Lipinski definition) is 4. The molecule has 1 aromatic heterocycles. The highest BCUT2D eigenvalue weighted by molar-refractivity contribution is 9.10. The van der Waals surface area contributed by atoms with Crippen LogP contribution in [0.25, 0.3) is 0 Å². The van der Waals surface area contributed by atoms with Crippen molar-refractivity contribution in [1.29, 1.82) is 0 Å². The second kappa shape index (κ2) is 7.08. The number of allylic oxidation sites excluding steroid dienone is 1. The first-order valence-corrected chi connectivity index (χ1v) is 7.18. The van der Waals surface area contributed by atoms with Crippen LogP contribution in [-0.4, -0.2) is 16.9 Å². The first kappa shape index (κ1) is 15.3. The summed E-state index contributed by atoms with van der Waals surface area (Å²) in [5, 5.41) is 7.28. The maximum atomic E-state index is 12.0. The number of halogens is 1. The predicted molar refractivity (Wildman–Crippen MR) is 86.7 cm³/mol. The van der Waals surface area contributed by atoms with Crippen molar-refractivity contribution in [2.24, 2.45) is 0 Å². The quantitative estimate of drug-likeness (QED) is 0.814. The molecular weight excluding hydrogens is 334 g/mol. The minimum absolute atomic E-state index is 0.186. The van der Waals surface area contributed by atoms with Gasteiger partial charge in [-0.15, -0.1) is 6.58 Å². The number of methoxy groups -OCH3 is 1. The number of hydrogen-bond donors (Lipinski definition) is 1. The van der Waals surface area contributed by atoms with Gasteiger partial charge >= 0.3 is 0 Å². The van der Waals surface area contributed by atoms with Crippen molar-refractivity contribution in [3.8, 4) is 5.75 Å². The van der Waals surface area contributed by atoms with E-state index in [9.17, 15) is 4.79 Å². The van der Waals surface area contributed by atoms with Gasteiger partial charge in [-0.3, -0.25) is 4.79 Å². The Morgan fingerprint density at radius 2 is 2.14 bits per heavy atom. The fourth-order valence-corrected chi connectivity index (χ4v) is 2.23. The molecule has 0 saturated heterocycles. The lowest BCUT2D eigenvalue weighted by molar-refractivity contribution is 0.414. The molecule has 0 bridgehead atoms. The number of aromatic nitrogens is 2. The lowest BCUT2D eigenvalue weighted by Gasteiger charge is -2.10. The number of benzene rings is 1. The summed E-state index contributed by atoms with van der Waals surface area (Å²) in [6.07, 6.45) is 3.25. The molecule has 0 amide bonds. The molecule has 110 valence electrons. The highest BCUT2D eigenvalue weighted by Crippen LogP contribution is 2.18. The molecule has 1 aromatic carbocycles. The van der Waals surface area contributed by atoms with Crippen LogP contribution in [0, 0.1) is 0 Å². The molecule has 1 heterocycles. The Labute approximate surface area is 131 Å². The molecule has 0 aliphatic heterocycles. The average Bonchev–Trinajstić information content (AvgIpc) is 2.52. The van der Waals surface area contributed by atoms with Crippen molar-refractivity contribution in [3.05, 3.63) is 63.5 Å². The zero-order chi connectivity index (χ0) is 15.2. The zero-order valence-corrected chi connectivity index (χ0v) is 13.3. The largest absolute Gasteiger partial charge is 0.497 e. The fourth-order valence-electron chi connectivity index (χ4n) is 1.78. The van der Waals surface area contributed by atoms with E-state index in [0.717, 1.165) is 11.3 Å². The fraction of sp³-hybridized carbons (Fsp3) is 0.200. The summed E-state index contributed by atoms with van der Waals surface area (Å²) < 4.78 is 6.92. The Hall–Kier alpha value is -2.08.